The molecule has 9 heteroatoms. The molecule has 0 spiro atoms. The third kappa shape index (κ3) is 6.07. The summed E-state index contributed by atoms with van der Waals surface area (Å²) in [5.41, 5.74) is 0.878. The Hall–Kier alpha value is -2.84. The molecule has 1 aromatic heterocycles. The molecule has 150 valence electrons. The predicted molar refractivity (Wildman–Crippen MR) is 113 cm³/mol. The van der Waals surface area contributed by atoms with Crippen LogP contribution in [-0.2, 0) is 16.1 Å². The number of aromatic nitrogens is 2. The molecule has 0 bridgehead atoms. The molecule has 2 heterocycles. The second-order valence-electron chi connectivity index (χ2n) is 6.21. The minimum atomic E-state index is -0.520. The Balaban J connectivity index is 1.51. The van der Waals surface area contributed by atoms with Crippen LogP contribution in [0.4, 0.5) is 4.79 Å². The van der Waals surface area contributed by atoms with Crippen LogP contribution in [-0.4, -0.2) is 44.6 Å². The number of halogens is 1. The lowest BCUT2D eigenvalue weighted by atomic mass is 10.2. The number of imidazole rings is 1. The molecule has 1 aromatic carbocycles. The van der Waals surface area contributed by atoms with Gasteiger partial charge in [-0.3, -0.25) is 19.3 Å². The van der Waals surface area contributed by atoms with Gasteiger partial charge in [0.05, 0.1) is 11.2 Å². The molecule has 3 amide bonds. The van der Waals surface area contributed by atoms with Crippen molar-refractivity contribution < 1.29 is 14.4 Å². The van der Waals surface area contributed by atoms with Crippen LogP contribution >= 0.6 is 23.4 Å². The van der Waals surface area contributed by atoms with Crippen molar-refractivity contribution in [3.05, 3.63) is 70.6 Å². The zero-order chi connectivity index (χ0) is 20.6. The summed E-state index contributed by atoms with van der Waals surface area (Å²) in [4.78, 5) is 41.7. The van der Waals surface area contributed by atoms with E-state index in [9.17, 15) is 14.4 Å². The highest BCUT2D eigenvalue weighted by atomic mass is 35.5. The van der Waals surface area contributed by atoms with Gasteiger partial charge in [-0.2, -0.15) is 0 Å². The van der Waals surface area contributed by atoms with Gasteiger partial charge in [-0.25, -0.2) is 4.98 Å². The third-order valence-corrected chi connectivity index (χ3v) is 5.15. The van der Waals surface area contributed by atoms with E-state index in [0.717, 1.165) is 28.8 Å². The number of imide groups is 1. The molecule has 29 heavy (non-hydrogen) atoms. The van der Waals surface area contributed by atoms with E-state index in [1.165, 1.54) is 6.08 Å². The second kappa shape index (κ2) is 10.1. The fourth-order valence-electron chi connectivity index (χ4n) is 2.62. The molecule has 1 fully saturated rings. The highest BCUT2D eigenvalue weighted by molar-refractivity contribution is 8.18. The fourth-order valence-corrected chi connectivity index (χ4v) is 3.75. The SMILES string of the molecule is O=C(CN1C(=O)SC(=CC(Cl)=Cc2ccccc2)C1=O)NCCCn1ccnc1. The van der Waals surface area contributed by atoms with Gasteiger partial charge in [0.15, 0.2) is 0 Å². The van der Waals surface area contributed by atoms with Gasteiger partial charge in [-0.1, -0.05) is 41.9 Å². The normalized spacial score (nSPS) is 16.0. The summed E-state index contributed by atoms with van der Waals surface area (Å²) in [6.45, 7) is 0.846. The number of nitrogens with zero attached hydrogens (tertiary/aromatic N) is 3. The van der Waals surface area contributed by atoms with E-state index in [2.05, 4.69) is 10.3 Å². The molecule has 1 aliphatic heterocycles. The number of thioether (sulfide) groups is 1. The first-order chi connectivity index (χ1) is 14.0. The zero-order valence-electron chi connectivity index (χ0n) is 15.5. The molecule has 0 atom stereocenters. The Morgan fingerprint density at radius 3 is 2.76 bits per heavy atom. The standard InChI is InChI=1S/C20H19ClN4O3S/c21-16(11-15-5-2-1-3-6-15)12-17-19(27)25(20(28)29-17)13-18(26)23-7-4-9-24-10-8-22-14-24/h1-3,5-6,8,10-12,14H,4,7,9,13H2,(H,23,26). The molecule has 2 aromatic rings. The van der Waals surface area contributed by atoms with Crippen molar-refractivity contribution in [1.82, 2.24) is 19.8 Å². The minimum absolute atomic E-state index is 0.195. The first-order valence-corrected chi connectivity index (χ1v) is 10.1. The average Bonchev–Trinajstić information content (AvgIpc) is 3.30. The number of hydrogen-bond donors (Lipinski definition) is 1. The smallest absolute Gasteiger partial charge is 0.294 e. The quantitative estimate of drug-likeness (QED) is 0.513. The Morgan fingerprint density at radius 1 is 1.24 bits per heavy atom. The molecule has 3 rings (SSSR count). The maximum Gasteiger partial charge on any atom is 0.294 e. The number of aryl methyl sites for hydroxylation is 1. The first-order valence-electron chi connectivity index (χ1n) is 8.93. The Bertz CT molecular complexity index is 942. The Kier molecular flexibility index (Phi) is 7.26. The zero-order valence-corrected chi connectivity index (χ0v) is 17.0. The highest BCUT2D eigenvalue weighted by Crippen LogP contribution is 2.32. The summed E-state index contributed by atoms with van der Waals surface area (Å²) >= 11 is 6.96. The number of amides is 3. The van der Waals surface area contributed by atoms with Crippen LogP contribution in [0.1, 0.15) is 12.0 Å². The largest absolute Gasteiger partial charge is 0.354 e. The molecule has 0 aliphatic carbocycles. The maximum atomic E-state index is 12.5. The number of allylic oxidation sites excluding steroid dienone is 2. The summed E-state index contributed by atoms with van der Waals surface area (Å²) in [5.74, 6) is -0.904. The van der Waals surface area contributed by atoms with Crippen LogP contribution in [0.5, 0.6) is 0 Å². The monoisotopic (exact) mass is 430 g/mol. The average molecular weight is 431 g/mol. The van der Waals surface area contributed by atoms with Crippen molar-refractivity contribution in [2.24, 2.45) is 0 Å². The van der Waals surface area contributed by atoms with Gasteiger partial charge >= 0.3 is 0 Å². The molecular weight excluding hydrogens is 412 g/mol. The summed E-state index contributed by atoms with van der Waals surface area (Å²) in [7, 11) is 0. The van der Waals surface area contributed by atoms with Gasteiger partial charge in [0.25, 0.3) is 11.1 Å². The molecule has 1 saturated heterocycles. The highest BCUT2D eigenvalue weighted by Gasteiger charge is 2.36. The first kappa shape index (κ1) is 20.9. The van der Waals surface area contributed by atoms with E-state index >= 15 is 0 Å². The topological polar surface area (TPSA) is 84.3 Å². The van der Waals surface area contributed by atoms with Crippen LogP contribution in [0, 0.1) is 0 Å². The number of hydrogen-bond acceptors (Lipinski definition) is 5. The minimum Gasteiger partial charge on any atom is -0.354 e. The van der Waals surface area contributed by atoms with Crippen molar-refractivity contribution in [3.8, 4) is 0 Å². The fraction of sp³-hybridized carbons (Fsp3) is 0.200. The predicted octanol–water partition coefficient (Wildman–Crippen LogP) is 3.25. The number of nitrogens with one attached hydrogen (secondary N) is 1. The van der Waals surface area contributed by atoms with Crippen molar-refractivity contribution in [1.29, 1.82) is 0 Å². The molecule has 1 aliphatic rings. The lowest BCUT2D eigenvalue weighted by Crippen LogP contribution is -2.39. The van der Waals surface area contributed by atoms with Crippen molar-refractivity contribution >= 4 is 46.5 Å². The van der Waals surface area contributed by atoms with Gasteiger partial charge in [-0.15, -0.1) is 0 Å². The third-order valence-electron chi connectivity index (χ3n) is 4.02. The molecule has 7 nitrogen and oxygen atoms in total. The van der Waals surface area contributed by atoms with Crippen LogP contribution in [0.25, 0.3) is 6.08 Å². The van der Waals surface area contributed by atoms with E-state index in [0.29, 0.717) is 18.0 Å². The summed E-state index contributed by atoms with van der Waals surface area (Å²) < 4.78 is 1.90. The van der Waals surface area contributed by atoms with Crippen LogP contribution < -0.4 is 5.32 Å². The van der Waals surface area contributed by atoms with Gasteiger partial charge in [-0.05, 0) is 35.9 Å². The van der Waals surface area contributed by atoms with Gasteiger partial charge in [0, 0.05) is 30.5 Å². The van der Waals surface area contributed by atoms with Crippen molar-refractivity contribution in [3.63, 3.8) is 0 Å². The maximum absolute atomic E-state index is 12.5. The number of carbonyl (C=O) groups excluding carboxylic acids is 3. The molecule has 1 N–H and O–H groups in total. The van der Waals surface area contributed by atoms with Gasteiger partial charge in [0.2, 0.25) is 5.91 Å². The van der Waals surface area contributed by atoms with Crippen LogP contribution in [0.2, 0.25) is 0 Å². The number of rotatable bonds is 8. The van der Waals surface area contributed by atoms with Crippen LogP contribution in [0.15, 0.2) is 65.1 Å². The van der Waals surface area contributed by atoms with E-state index in [1.807, 2.05) is 41.1 Å². The Labute approximate surface area is 177 Å². The Morgan fingerprint density at radius 2 is 2.03 bits per heavy atom. The van der Waals surface area contributed by atoms with E-state index < -0.39 is 11.1 Å². The van der Waals surface area contributed by atoms with Gasteiger partial charge in [0.1, 0.15) is 6.54 Å². The lowest BCUT2D eigenvalue weighted by Gasteiger charge is -2.12. The molecule has 0 saturated carbocycles. The van der Waals surface area contributed by atoms with Gasteiger partial charge < -0.3 is 9.88 Å². The van der Waals surface area contributed by atoms with Crippen molar-refractivity contribution in [2.45, 2.75) is 13.0 Å². The van der Waals surface area contributed by atoms with E-state index in [-0.39, 0.29) is 17.4 Å². The summed E-state index contributed by atoms with van der Waals surface area (Å²) in [6.07, 6.45) is 9.08. The lowest BCUT2D eigenvalue weighted by molar-refractivity contribution is -0.129. The van der Waals surface area contributed by atoms with E-state index in [4.69, 9.17) is 11.6 Å². The molecular formula is C20H19ClN4O3S. The van der Waals surface area contributed by atoms with E-state index in [1.54, 1.807) is 18.6 Å². The molecule has 0 unspecified atom stereocenters. The van der Waals surface area contributed by atoms with Crippen molar-refractivity contribution in [2.75, 3.05) is 13.1 Å². The second-order valence-corrected chi connectivity index (χ2v) is 7.64. The summed E-state index contributed by atoms with van der Waals surface area (Å²) in [5, 5.41) is 2.55. The number of carbonyl (C=O) groups is 3. The molecule has 0 radical (unpaired) electrons. The number of benzene rings is 1. The summed E-state index contributed by atoms with van der Waals surface area (Å²) in [6, 6.07) is 9.38. The van der Waals surface area contributed by atoms with Crippen LogP contribution in [0.3, 0.4) is 0 Å².